The van der Waals surface area contributed by atoms with Crippen LogP contribution in [0.15, 0.2) is 28.7 Å². The van der Waals surface area contributed by atoms with Crippen molar-refractivity contribution in [2.75, 3.05) is 39.5 Å². The van der Waals surface area contributed by atoms with Crippen molar-refractivity contribution in [3.63, 3.8) is 0 Å². The van der Waals surface area contributed by atoms with Crippen LogP contribution in [0.25, 0.3) is 0 Å². The Kier molecular flexibility index (Phi) is 3.83. The third-order valence-electron chi connectivity index (χ3n) is 3.28. The van der Waals surface area contributed by atoms with Gasteiger partial charge in [0.05, 0.1) is 19.8 Å². The second-order valence-corrected chi connectivity index (χ2v) is 7.92. The maximum Gasteiger partial charge on any atom is 0.537 e. The minimum Gasteiger partial charge on any atom is -0.369 e. The standard InChI is InChI=1S/C12H16BrNO3Si/c13-11-2-1-3-12(10-11)18-15-7-4-14(5-8-16-18)6-9-17-18/h1-3,10H,4-9H2. The molecule has 4 nitrogen and oxygen atoms in total. The molecule has 0 amide bonds. The van der Waals surface area contributed by atoms with Crippen LogP contribution in [0.4, 0.5) is 0 Å². The van der Waals surface area contributed by atoms with Crippen LogP contribution < -0.4 is 5.19 Å². The molecule has 6 heteroatoms. The van der Waals surface area contributed by atoms with Crippen molar-refractivity contribution in [2.45, 2.75) is 0 Å². The summed E-state index contributed by atoms with van der Waals surface area (Å²) >= 11 is 3.50. The first kappa shape index (κ1) is 12.8. The molecule has 1 aromatic rings. The zero-order chi connectivity index (χ0) is 12.4. The Morgan fingerprint density at radius 2 is 1.61 bits per heavy atom. The molecule has 1 aromatic carbocycles. The van der Waals surface area contributed by atoms with E-state index in [4.69, 9.17) is 13.3 Å². The monoisotopic (exact) mass is 329 g/mol. The molecule has 0 unspecified atom stereocenters. The van der Waals surface area contributed by atoms with Gasteiger partial charge in [0, 0.05) is 29.3 Å². The van der Waals surface area contributed by atoms with Gasteiger partial charge in [0.15, 0.2) is 0 Å². The van der Waals surface area contributed by atoms with Gasteiger partial charge in [-0.15, -0.1) is 0 Å². The zero-order valence-corrected chi connectivity index (χ0v) is 12.7. The Morgan fingerprint density at radius 3 is 2.17 bits per heavy atom. The van der Waals surface area contributed by atoms with Gasteiger partial charge < -0.3 is 13.3 Å². The maximum atomic E-state index is 6.01. The molecule has 0 N–H and O–H groups in total. The first-order valence-corrected chi connectivity index (χ1v) is 8.71. The van der Waals surface area contributed by atoms with E-state index in [1.807, 2.05) is 24.3 Å². The quantitative estimate of drug-likeness (QED) is 0.718. The SMILES string of the molecule is Brc1cccc([Si]23OCCN(CCO2)CCO3)c1. The van der Waals surface area contributed by atoms with Gasteiger partial charge in [-0.25, -0.2) is 0 Å². The molecule has 0 aliphatic carbocycles. The summed E-state index contributed by atoms with van der Waals surface area (Å²) in [5.74, 6) is 0. The zero-order valence-electron chi connectivity index (χ0n) is 10.1. The Labute approximate surface area is 116 Å². The van der Waals surface area contributed by atoms with Gasteiger partial charge in [-0.05, 0) is 12.1 Å². The lowest BCUT2D eigenvalue weighted by atomic mass is 10.4. The van der Waals surface area contributed by atoms with Gasteiger partial charge in [0.1, 0.15) is 0 Å². The Bertz CT molecular complexity index is 405. The van der Waals surface area contributed by atoms with Crippen molar-refractivity contribution in [1.29, 1.82) is 0 Å². The van der Waals surface area contributed by atoms with E-state index in [0.29, 0.717) is 19.8 Å². The highest BCUT2D eigenvalue weighted by Gasteiger charge is 2.46. The van der Waals surface area contributed by atoms with Gasteiger partial charge in [-0.2, -0.15) is 0 Å². The maximum absolute atomic E-state index is 6.01. The lowest BCUT2D eigenvalue weighted by Crippen LogP contribution is -2.62. The summed E-state index contributed by atoms with van der Waals surface area (Å²) in [5, 5.41) is 1.05. The number of benzene rings is 1. The largest absolute Gasteiger partial charge is 0.537 e. The van der Waals surface area contributed by atoms with E-state index < -0.39 is 8.80 Å². The first-order valence-electron chi connectivity index (χ1n) is 6.19. The smallest absolute Gasteiger partial charge is 0.369 e. The van der Waals surface area contributed by atoms with Gasteiger partial charge in [0.2, 0.25) is 0 Å². The van der Waals surface area contributed by atoms with Gasteiger partial charge in [0.25, 0.3) is 0 Å². The van der Waals surface area contributed by atoms with Crippen LogP contribution in [-0.4, -0.2) is 53.2 Å². The Hall–Kier alpha value is -0.243. The van der Waals surface area contributed by atoms with Gasteiger partial charge >= 0.3 is 8.80 Å². The van der Waals surface area contributed by atoms with Crippen molar-refractivity contribution >= 4 is 29.9 Å². The predicted octanol–water partition coefficient (Wildman–Crippen LogP) is 0.974. The van der Waals surface area contributed by atoms with Gasteiger partial charge in [-0.3, -0.25) is 4.90 Å². The van der Waals surface area contributed by atoms with Crippen LogP contribution in [0.5, 0.6) is 0 Å². The van der Waals surface area contributed by atoms with E-state index in [1.165, 1.54) is 0 Å². The van der Waals surface area contributed by atoms with Crippen LogP contribution in [0.3, 0.4) is 0 Å². The fourth-order valence-corrected chi connectivity index (χ4v) is 5.39. The second-order valence-electron chi connectivity index (χ2n) is 4.45. The van der Waals surface area contributed by atoms with Crippen LogP contribution in [0, 0.1) is 0 Å². The summed E-state index contributed by atoms with van der Waals surface area (Å²) in [6.07, 6.45) is 0. The molecule has 3 fully saturated rings. The summed E-state index contributed by atoms with van der Waals surface area (Å²) in [7, 11) is -2.69. The molecular weight excluding hydrogens is 314 g/mol. The molecule has 3 saturated heterocycles. The summed E-state index contributed by atoms with van der Waals surface area (Å²) in [5.41, 5.74) is 0. The third kappa shape index (κ3) is 2.54. The second kappa shape index (κ2) is 5.40. The number of nitrogens with zero attached hydrogens (tertiary/aromatic N) is 1. The van der Waals surface area contributed by atoms with Crippen molar-refractivity contribution < 1.29 is 13.3 Å². The topological polar surface area (TPSA) is 30.9 Å². The number of hydrogen-bond acceptors (Lipinski definition) is 4. The van der Waals surface area contributed by atoms with Crippen LogP contribution in [-0.2, 0) is 13.3 Å². The van der Waals surface area contributed by atoms with E-state index in [1.54, 1.807) is 0 Å². The molecule has 3 heterocycles. The summed E-state index contributed by atoms with van der Waals surface area (Å²) in [6, 6.07) is 8.09. The summed E-state index contributed by atoms with van der Waals surface area (Å²) < 4.78 is 19.1. The average Bonchev–Trinajstić information content (AvgIpc) is 2.26. The average molecular weight is 330 g/mol. The molecule has 98 valence electrons. The van der Waals surface area contributed by atoms with Crippen molar-refractivity contribution in [3.05, 3.63) is 28.7 Å². The molecule has 0 saturated carbocycles. The molecule has 3 aliphatic rings. The summed E-state index contributed by atoms with van der Waals surface area (Å²) in [6.45, 7) is 4.94. The molecule has 3 aliphatic heterocycles. The predicted molar refractivity (Wildman–Crippen MR) is 73.8 cm³/mol. The lowest BCUT2D eigenvalue weighted by molar-refractivity contribution is 0.00140. The molecule has 2 bridgehead atoms. The third-order valence-corrected chi connectivity index (χ3v) is 6.54. The van der Waals surface area contributed by atoms with Crippen LogP contribution >= 0.6 is 15.9 Å². The van der Waals surface area contributed by atoms with Crippen LogP contribution in [0.2, 0.25) is 0 Å². The van der Waals surface area contributed by atoms with Gasteiger partial charge in [-0.1, -0.05) is 28.1 Å². The molecule has 0 aromatic heterocycles. The van der Waals surface area contributed by atoms with E-state index in [0.717, 1.165) is 29.3 Å². The minimum absolute atomic E-state index is 0.679. The Morgan fingerprint density at radius 1 is 1.00 bits per heavy atom. The number of rotatable bonds is 1. The highest BCUT2D eigenvalue weighted by atomic mass is 79.9. The van der Waals surface area contributed by atoms with Crippen LogP contribution in [0.1, 0.15) is 0 Å². The van der Waals surface area contributed by atoms with Crippen molar-refractivity contribution in [2.24, 2.45) is 0 Å². The fraction of sp³-hybridized carbons (Fsp3) is 0.500. The molecule has 0 spiro atoms. The molecule has 18 heavy (non-hydrogen) atoms. The first-order chi connectivity index (χ1) is 8.78. The molecule has 4 rings (SSSR count). The van der Waals surface area contributed by atoms with Crippen molar-refractivity contribution in [3.8, 4) is 0 Å². The van der Waals surface area contributed by atoms with E-state index in [2.05, 4.69) is 20.8 Å². The molecular formula is C12H16BrNO3Si. The number of fused-ring (bicyclic) bond motifs is 6. The highest BCUT2D eigenvalue weighted by molar-refractivity contribution is 9.10. The number of halogens is 1. The lowest BCUT2D eigenvalue weighted by Gasteiger charge is -2.38. The Balaban J connectivity index is 1.94. The minimum atomic E-state index is -2.69. The molecule has 0 radical (unpaired) electrons. The van der Waals surface area contributed by atoms with E-state index >= 15 is 0 Å². The fourth-order valence-electron chi connectivity index (χ4n) is 2.32. The molecule has 0 atom stereocenters. The van der Waals surface area contributed by atoms with E-state index in [-0.39, 0.29) is 0 Å². The summed E-state index contributed by atoms with van der Waals surface area (Å²) in [4.78, 5) is 2.32. The normalized spacial score (nSPS) is 32.6. The number of hydrogen-bond donors (Lipinski definition) is 0. The van der Waals surface area contributed by atoms with E-state index in [9.17, 15) is 0 Å². The van der Waals surface area contributed by atoms with Crippen molar-refractivity contribution in [1.82, 2.24) is 4.90 Å². The highest BCUT2D eigenvalue weighted by Crippen LogP contribution is 2.18.